The molecule has 13 heteroatoms. The maximum absolute atomic E-state index is 12.4. The average molecular weight is 452 g/mol. The lowest BCUT2D eigenvalue weighted by atomic mass is 10.0. The number of pyridine rings is 1. The van der Waals surface area contributed by atoms with Crippen LogP contribution < -0.4 is 30.8 Å². The van der Waals surface area contributed by atoms with Crippen molar-refractivity contribution in [3.63, 3.8) is 0 Å². The zero-order valence-corrected chi connectivity index (χ0v) is 17.3. The van der Waals surface area contributed by atoms with Crippen LogP contribution in [-0.4, -0.2) is 28.7 Å². The van der Waals surface area contributed by atoms with Crippen LogP contribution in [0.5, 0.6) is 11.5 Å². The number of aromatic nitrogens is 3. The highest BCUT2D eigenvalue weighted by Crippen LogP contribution is 2.35. The summed E-state index contributed by atoms with van der Waals surface area (Å²) in [5, 5.41) is 24.4. The molecule has 0 spiro atoms. The van der Waals surface area contributed by atoms with E-state index in [1.807, 2.05) is 12.1 Å². The van der Waals surface area contributed by atoms with Gasteiger partial charge in [0.25, 0.3) is 0 Å². The van der Waals surface area contributed by atoms with Gasteiger partial charge in [-0.25, -0.2) is 9.78 Å². The molecular weight excluding hydrogens is 438 g/mol. The molecule has 3 aromatic rings. The lowest BCUT2D eigenvalue weighted by molar-refractivity contribution is -0.730. The fourth-order valence-corrected chi connectivity index (χ4v) is 3.85. The average Bonchev–Trinajstić information content (AvgIpc) is 3.37. The molecule has 160 valence electrons. The predicted molar refractivity (Wildman–Crippen MR) is 109 cm³/mol. The molecule has 0 saturated carbocycles. The highest BCUT2D eigenvalue weighted by Gasteiger charge is 2.31. The van der Waals surface area contributed by atoms with Crippen LogP contribution in [0.2, 0.25) is 0 Å². The molecule has 1 amide bonds. The Labute approximate surface area is 184 Å². The van der Waals surface area contributed by atoms with Gasteiger partial charge in [0.2, 0.25) is 12.7 Å². The van der Waals surface area contributed by atoms with Gasteiger partial charge < -0.3 is 20.5 Å². The smallest absolute Gasteiger partial charge is 0.435 e. The SMILES string of the molecule is C[n+]1[nH]oc(=O)c1-c1c(C#N)c(N)nc(SCC(=O)Nc2ccc3c(c2)OCO3)c1C#N. The van der Waals surface area contributed by atoms with Gasteiger partial charge in [-0.3, -0.25) is 9.32 Å². The van der Waals surface area contributed by atoms with Crippen LogP contribution >= 0.6 is 11.8 Å². The molecule has 0 atom stereocenters. The van der Waals surface area contributed by atoms with E-state index >= 15 is 0 Å². The summed E-state index contributed by atoms with van der Waals surface area (Å²) >= 11 is 0.938. The number of fused-ring (bicyclic) bond motifs is 1. The first kappa shape index (κ1) is 20.8. The lowest BCUT2D eigenvalue weighted by Crippen LogP contribution is -2.34. The first-order valence-corrected chi connectivity index (χ1v) is 9.95. The van der Waals surface area contributed by atoms with Gasteiger partial charge in [0.15, 0.2) is 18.5 Å². The molecule has 2 aromatic heterocycles. The van der Waals surface area contributed by atoms with Crippen molar-refractivity contribution in [2.45, 2.75) is 5.03 Å². The number of H-pyrrole nitrogens is 1. The van der Waals surface area contributed by atoms with E-state index in [-0.39, 0.29) is 51.7 Å². The third-order valence-electron chi connectivity index (χ3n) is 4.45. The van der Waals surface area contributed by atoms with Crippen molar-refractivity contribution in [3.05, 3.63) is 39.7 Å². The van der Waals surface area contributed by atoms with Crippen molar-refractivity contribution >= 4 is 29.2 Å². The number of aryl methyl sites for hydroxylation is 1. The Morgan fingerprint density at radius 3 is 2.75 bits per heavy atom. The number of ether oxygens (including phenoxy) is 2. The van der Waals surface area contributed by atoms with Gasteiger partial charge in [-0.05, 0) is 17.4 Å². The van der Waals surface area contributed by atoms with Crippen LogP contribution in [-0.2, 0) is 11.8 Å². The Hall–Kier alpha value is -4.49. The molecule has 32 heavy (non-hydrogen) atoms. The number of carbonyl (C=O) groups is 1. The Morgan fingerprint density at radius 1 is 1.31 bits per heavy atom. The number of thioether (sulfide) groups is 1. The summed E-state index contributed by atoms with van der Waals surface area (Å²) in [5.41, 5.74) is 5.33. The monoisotopic (exact) mass is 452 g/mol. The van der Waals surface area contributed by atoms with Crippen LogP contribution in [0.25, 0.3) is 11.3 Å². The van der Waals surface area contributed by atoms with E-state index in [0.29, 0.717) is 17.2 Å². The molecule has 0 saturated heterocycles. The molecule has 0 fully saturated rings. The minimum Gasteiger partial charge on any atom is -0.454 e. The van der Waals surface area contributed by atoms with E-state index < -0.39 is 5.63 Å². The maximum Gasteiger partial charge on any atom is 0.435 e. The van der Waals surface area contributed by atoms with Gasteiger partial charge in [0.05, 0.1) is 11.3 Å². The molecule has 3 heterocycles. The predicted octanol–water partition coefficient (Wildman–Crippen LogP) is 0.639. The summed E-state index contributed by atoms with van der Waals surface area (Å²) in [4.78, 5) is 28.7. The maximum atomic E-state index is 12.4. The molecular formula is C19H14N7O5S+. The normalized spacial score (nSPS) is 11.6. The van der Waals surface area contributed by atoms with Crippen molar-refractivity contribution in [2.24, 2.45) is 7.05 Å². The molecule has 1 aliphatic rings. The van der Waals surface area contributed by atoms with Gasteiger partial charge in [0, 0.05) is 11.8 Å². The van der Waals surface area contributed by atoms with Crippen LogP contribution in [0.1, 0.15) is 11.1 Å². The van der Waals surface area contributed by atoms with Crippen LogP contribution in [0.15, 0.2) is 32.5 Å². The second-order valence-electron chi connectivity index (χ2n) is 6.44. The number of nitriles is 2. The number of amides is 1. The standard InChI is InChI=1S/C19H13N7O5S/c1-26-16(19(28)31-25-26)15-10(5-20)17(22)24-18(11(15)6-21)32-7-14(27)23-9-2-3-12-13(4-9)30-8-29-12/h2-4H,7-8H2,1H3,(H3-,22,23,24,25,27,28)/p+1. The summed E-state index contributed by atoms with van der Waals surface area (Å²) in [5.74, 6) is 0.431. The number of rotatable bonds is 5. The highest BCUT2D eigenvalue weighted by molar-refractivity contribution is 8.00. The fourth-order valence-electron chi connectivity index (χ4n) is 3.06. The molecule has 1 aliphatic heterocycles. The second kappa shape index (κ2) is 8.33. The fraction of sp³-hybridized carbons (Fsp3) is 0.158. The minimum atomic E-state index is -0.789. The number of nitrogens with one attached hydrogen (secondary N) is 2. The molecule has 12 nitrogen and oxygen atoms in total. The Balaban J connectivity index is 1.62. The van der Waals surface area contributed by atoms with Gasteiger partial charge in [-0.2, -0.15) is 10.5 Å². The number of nitrogens with zero attached hydrogens (tertiary/aromatic N) is 4. The van der Waals surface area contributed by atoms with E-state index in [9.17, 15) is 20.1 Å². The Kier molecular flexibility index (Phi) is 5.41. The zero-order chi connectivity index (χ0) is 22.8. The number of aromatic amines is 1. The van der Waals surface area contributed by atoms with Gasteiger partial charge in [0.1, 0.15) is 34.1 Å². The van der Waals surface area contributed by atoms with Gasteiger partial charge in [-0.1, -0.05) is 16.4 Å². The molecule has 4 N–H and O–H groups in total. The summed E-state index contributed by atoms with van der Waals surface area (Å²) in [6.07, 6.45) is 0. The number of nitrogen functional groups attached to an aromatic ring is 1. The van der Waals surface area contributed by atoms with Crippen LogP contribution in [0.4, 0.5) is 11.5 Å². The molecule has 0 radical (unpaired) electrons. The number of hydrogen-bond donors (Lipinski definition) is 3. The van der Waals surface area contributed by atoms with E-state index in [2.05, 4.69) is 15.6 Å². The number of hydrogen-bond acceptors (Lipinski definition) is 10. The van der Waals surface area contributed by atoms with Crippen molar-refractivity contribution in [1.82, 2.24) is 10.3 Å². The van der Waals surface area contributed by atoms with Gasteiger partial charge in [-0.15, -0.1) is 0 Å². The topological polar surface area (TPSA) is 184 Å². The highest BCUT2D eigenvalue weighted by atomic mass is 32.2. The van der Waals surface area contributed by atoms with Crippen molar-refractivity contribution in [3.8, 4) is 34.9 Å². The number of benzene rings is 1. The molecule has 0 aliphatic carbocycles. The third kappa shape index (κ3) is 3.68. The van der Waals surface area contributed by atoms with E-state index in [1.54, 1.807) is 18.2 Å². The van der Waals surface area contributed by atoms with E-state index in [0.717, 1.165) is 11.8 Å². The minimum absolute atomic E-state index is 0.0151. The number of nitrogens with two attached hydrogens (primary N) is 1. The molecule has 1 aromatic carbocycles. The quantitative estimate of drug-likeness (QED) is 0.366. The molecule has 0 unspecified atom stereocenters. The second-order valence-corrected chi connectivity index (χ2v) is 7.41. The number of anilines is 2. The van der Waals surface area contributed by atoms with E-state index in [4.69, 9.17) is 19.7 Å². The molecule has 4 rings (SSSR count). The molecule has 0 bridgehead atoms. The summed E-state index contributed by atoms with van der Waals surface area (Å²) < 4.78 is 16.5. The van der Waals surface area contributed by atoms with E-state index in [1.165, 1.54) is 11.7 Å². The Morgan fingerprint density at radius 2 is 2.06 bits per heavy atom. The largest absolute Gasteiger partial charge is 0.454 e. The van der Waals surface area contributed by atoms with Crippen LogP contribution in [0, 0.1) is 22.7 Å². The van der Waals surface area contributed by atoms with Crippen LogP contribution in [0.3, 0.4) is 0 Å². The summed E-state index contributed by atoms with van der Waals surface area (Å²) in [7, 11) is 1.48. The first-order valence-electron chi connectivity index (χ1n) is 8.96. The zero-order valence-electron chi connectivity index (χ0n) is 16.5. The van der Waals surface area contributed by atoms with Gasteiger partial charge >= 0.3 is 11.3 Å². The first-order chi connectivity index (χ1) is 15.4. The third-order valence-corrected chi connectivity index (χ3v) is 5.43. The number of carbonyl (C=O) groups excluding carboxylic acids is 1. The van der Waals surface area contributed by atoms with Crippen molar-refractivity contribution < 1.29 is 23.5 Å². The lowest BCUT2D eigenvalue weighted by Gasteiger charge is -2.10. The van der Waals surface area contributed by atoms with Crippen molar-refractivity contribution in [2.75, 3.05) is 23.6 Å². The summed E-state index contributed by atoms with van der Waals surface area (Å²) in [6.45, 7) is 0.116. The van der Waals surface area contributed by atoms with Crippen molar-refractivity contribution in [1.29, 1.82) is 10.5 Å². The summed E-state index contributed by atoms with van der Waals surface area (Å²) in [6, 6.07) is 8.79. The Bertz CT molecular complexity index is 1380.